The van der Waals surface area contributed by atoms with Gasteiger partial charge in [0.2, 0.25) is 0 Å². The molecule has 0 aromatic heterocycles. The minimum absolute atomic E-state index is 0.453. The molecule has 2 fully saturated rings. The Morgan fingerprint density at radius 3 is 2.56 bits per heavy atom. The molecule has 1 aliphatic heterocycles. The highest BCUT2D eigenvalue weighted by Gasteiger charge is 2.43. The molecule has 1 saturated carbocycles. The number of carbonyl (C=O) groups is 1. The Kier molecular flexibility index (Phi) is 3.82. The molecule has 0 radical (unpaired) electrons. The molecule has 1 heterocycles. The Morgan fingerprint density at radius 1 is 1.38 bits per heavy atom. The van der Waals surface area contributed by atoms with Crippen LogP contribution in [0.1, 0.15) is 32.1 Å². The molecule has 2 aliphatic rings. The highest BCUT2D eigenvalue weighted by Crippen LogP contribution is 2.40. The van der Waals surface area contributed by atoms with Crippen molar-refractivity contribution in [2.75, 3.05) is 26.3 Å². The van der Waals surface area contributed by atoms with Gasteiger partial charge in [-0.2, -0.15) is 0 Å². The molecular weight excluding hydrogens is 206 g/mol. The van der Waals surface area contributed by atoms with E-state index in [4.69, 9.17) is 9.84 Å². The Morgan fingerprint density at radius 2 is 2.06 bits per heavy atom. The fourth-order valence-corrected chi connectivity index (χ4v) is 2.54. The van der Waals surface area contributed by atoms with Crippen molar-refractivity contribution in [2.24, 2.45) is 11.3 Å². The maximum atomic E-state index is 11.1. The Balaban J connectivity index is 1.68. The van der Waals surface area contributed by atoms with Crippen LogP contribution >= 0.6 is 0 Å². The molecule has 4 nitrogen and oxygen atoms in total. The largest absolute Gasteiger partial charge is 0.481 e. The molecule has 0 aromatic rings. The van der Waals surface area contributed by atoms with Crippen LogP contribution in [0.4, 0.5) is 0 Å². The Bertz CT molecular complexity index is 245. The summed E-state index contributed by atoms with van der Waals surface area (Å²) in [6, 6.07) is 0. The highest BCUT2D eigenvalue weighted by atomic mass is 16.5. The molecule has 1 aliphatic carbocycles. The number of carboxylic acids is 1. The molecule has 92 valence electrons. The average molecular weight is 227 g/mol. The van der Waals surface area contributed by atoms with Gasteiger partial charge in [0.15, 0.2) is 0 Å². The summed E-state index contributed by atoms with van der Waals surface area (Å²) < 4.78 is 5.30. The predicted molar refractivity (Wildman–Crippen MR) is 60.3 cm³/mol. The van der Waals surface area contributed by atoms with E-state index in [9.17, 15) is 4.79 Å². The number of aliphatic carboxylic acids is 1. The summed E-state index contributed by atoms with van der Waals surface area (Å²) in [5.41, 5.74) is -0.453. The summed E-state index contributed by atoms with van der Waals surface area (Å²) in [4.78, 5) is 11.1. The smallest absolute Gasteiger partial charge is 0.310 e. The number of rotatable bonds is 5. The van der Waals surface area contributed by atoms with Crippen molar-refractivity contribution in [1.29, 1.82) is 0 Å². The maximum Gasteiger partial charge on any atom is 0.310 e. The summed E-state index contributed by atoms with van der Waals surface area (Å²) in [5.74, 6) is 0.0397. The van der Waals surface area contributed by atoms with Crippen LogP contribution < -0.4 is 5.32 Å². The molecule has 0 bridgehead atoms. The van der Waals surface area contributed by atoms with Gasteiger partial charge in [-0.3, -0.25) is 4.79 Å². The van der Waals surface area contributed by atoms with Crippen LogP contribution in [-0.2, 0) is 9.53 Å². The minimum Gasteiger partial charge on any atom is -0.481 e. The maximum absolute atomic E-state index is 11.1. The second kappa shape index (κ2) is 5.15. The summed E-state index contributed by atoms with van der Waals surface area (Å²) in [5, 5.41) is 12.5. The van der Waals surface area contributed by atoms with Crippen molar-refractivity contribution in [2.45, 2.75) is 32.1 Å². The monoisotopic (exact) mass is 227 g/mol. The second-order valence-corrected chi connectivity index (χ2v) is 5.13. The van der Waals surface area contributed by atoms with Gasteiger partial charge in [-0.05, 0) is 38.1 Å². The molecule has 4 heteroatoms. The van der Waals surface area contributed by atoms with Crippen molar-refractivity contribution in [1.82, 2.24) is 5.32 Å². The van der Waals surface area contributed by atoms with Gasteiger partial charge in [-0.15, -0.1) is 0 Å². The first-order valence-electron chi connectivity index (χ1n) is 6.25. The Hall–Kier alpha value is -0.610. The van der Waals surface area contributed by atoms with E-state index in [-0.39, 0.29) is 0 Å². The molecule has 1 saturated heterocycles. The lowest BCUT2D eigenvalue weighted by atomic mass is 9.69. The lowest BCUT2D eigenvalue weighted by molar-refractivity contribution is -0.154. The molecule has 2 N–H and O–H groups in total. The summed E-state index contributed by atoms with van der Waals surface area (Å²) in [6.45, 7) is 3.30. The van der Waals surface area contributed by atoms with E-state index in [0.29, 0.717) is 12.5 Å². The lowest BCUT2D eigenvalue weighted by Gasteiger charge is -2.38. The van der Waals surface area contributed by atoms with E-state index < -0.39 is 11.4 Å². The molecule has 0 amide bonds. The van der Waals surface area contributed by atoms with E-state index in [0.717, 1.165) is 51.9 Å². The molecule has 0 aromatic carbocycles. The van der Waals surface area contributed by atoms with Crippen molar-refractivity contribution in [3.8, 4) is 0 Å². The van der Waals surface area contributed by atoms with Crippen LogP contribution in [0, 0.1) is 11.3 Å². The van der Waals surface area contributed by atoms with Gasteiger partial charge in [-0.1, -0.05) is 6.42 Å². The molecule has 0 spiro atoms. The summed E-state index contributed by atoms with van der Waals surface area (Å²) >= 11 is 0. The fourth-order valence-electron chi connectivity index (χ4n) is 2.54. The van der Waals surface area contributed by atoms with Crippen LogP contribution in [0.25, 0.3) is 0 Å². The van der Waals surface area contributed by atoms with E-state index in [1.807, 2.05) is 0 Å². The van der Waals surface area contributed by atoms with Gasteiger partial charge in [0.1, 0.15) is 0 Å². The van der Waals surface area contributed by atoms with Crippen LogP contribution in [0.5, 0.6) is 0 Å². The number of ether oxygens (including phenoxy) is 1. The SMILES string of the molecule is O=C(O)C1(CNCC2CCOCC2)CCC1. The van der Waals surface area contributed by atoms with Crippen LogP contribution in [0.3, 0.4) is 0 Å². The lowest BCUT2D eigenvalue weighted by Crippen LogP contribution is -2.47. The van der Waals surface area contributed by atoms with Crippen LogP contribution in [-0.4, -0.2) is 37.4 Å². The second-order valence-electron chi connectivity index (χ2n) is 5.13. The molecular formula is C12H21NO3. The quantitative estimate of drug-likeness (QED) is 0.742. The van der Waals surface area contributed by atoms with E-state index in [1.165, 1.54) is 0 Å². The van der Waals surface area contributed by atoms with Crippen molar-refractivity contribution in [3.63, 3.8) is 0 Å². The average Bonchev–Trinajstić information content (AvgIpc) is 2.23. The number of carboxylic acid groups (broad SMARTS) is 1. The van der Waals surface area contributed by atoms with Crippen molar-refractivity contribution in [3.05, 3.63) is 0 Å². The predicted octanol–water partition coefficient (Wildman–Crippen LogP) is 1.26. The van der Waals surface area contributed by atoms with Gasteiger partial charge in [0.25, 0.3) is 0 Å². The molecule has 0 unspecified atom stereocenters. The number of hydrogen-bond donors (Lipinski definition) is 2. The van der Waals surface area contributed by atoms with Gasteiger partial charge in [-0.25, -0.2) is 0 Å². The zero-order valence-electron chi connectivity index (χ0n) is 9.71. The normalized spacial score (nSPS) is 25.0. The van der Waals surface area contributed by atoms with Crippen molar-refractivity contribution < 1.29 is 14.6 Å². The van der Waals surface area contributed by atoms with Gasteiger partial charge >= 0.3 is 5.97 Å². The third kappa shape index (κ3) is 2.55. The van der Waals surface area contributed by atoms with E-state index in [1.54, 1.807) is 0 Å². The number of hydrogen-bond acceptors (Lipinski definition) is 3. The summed E-state index contributed by atoms with van der Waals surface area (Å²) in [7, 11) is 0. The fraction of sp³-hybridized carbons (Fsp3) is 0.917. The van der Waals surface area contributed by atoms with Crippen LogP contribution in [0.15, 0.2) is 0 Å². The van der Waals surface area contributed by atoms with Gasteiger partial charge in [0, 0.05) is 19.8 Å². The first-order chi connectivity index (χ1) is 7.73. The Labute approximate surface area is 96.4 Å². The number of nitrogens with one attached hydrogen (secondary N) is 1. The van der Waals surface area contributed by atoms with E-state index in [2.05, 4.69) is 5.32 Å². The zero-order valence-corrected chi connectivity index (χ0v) is 9.71. The topological polar surface area (TPSA) is 58.6 Å². The summed E-state index contributed by atoms with van der Waals surface area (Å²) in [6.07, 6.45) is 4.94. The first-order valence-corrected chi connectivity index (χ1v) is 6.25. The van der Waals surface area contributed by atoms with Crippen LogP contribution in [0.2, 0.25) is 0 Å². The minimum atomic E-state index is -0.627. The van der Waals surface area contributed by atoms with E-state index >= 15 is 0 Å². The third-order valence-electron chi connectivity index (χ3n) is 4.00. The molecule has 2 rings (SSSR count). The zero-order chi connectivity index (χ0) is 11.4. The highest BCUT2D eigenvalue weighted by molar-refractivity contribution is 5.76. The first kappa shape index (κ1) is 11.9. The van der Waals surface area contributed by atoms with Crippen molar-refractivity contribution >= 4 is 5.97 Å². The van der Waals surface area contributed by atoms with Gasteiger partial charge < -0.3 is 15.2 Å². The standard InChI is InChI=1S/C12H21NO3/c14-11(15)12(4-1-5-12)9-13-8-10-2-6-16-7-3-10/h10,13H,1-9H2,(H,14,15). The molecule has 16 heavy (non-hydrogen) atoms. The van der Waals surface area contributed by atoms with Gasteiger partial charge in [0.05, 0.1) is 5.41 Å². The molecule has 0 atom stereocenters. The third-order valence-corrected chi connectivity index (χ3v) is 4.00.